The molecule has 2 rings (SSSR count). The summed E-state index contributed by atoms with van der Waals surface area (Å²) in [4.78, 5) is 9.15. The van der Waals surface area contributed by atoms with Crippen molar-refractivity contribution in [3.05, 3.63) is 37.9 Å². The van der Waals surface area contributed by atoms with E-state index in [4.69, 9.17) is 12.0 Å². The van der Waals surface area contributed by atoms with Crippen LogP contribution in [0.3, 0.4) is 0 Å². The van der Waals surface area contributed by atoms with Crippen LogP contribution in [-0.2, 0) is 0 Å². The summed E-state index contributed by atoms with van der Waals surface area (Å²) in [5.41, 5.74) is 2.05. The molecule has 6 heteroatoms. The minimum atomic E-state index is 0.763. The van der Waals surface area contributed by atoms with Crippen molar-refractivity contribution < 1.29 is 0 Å². The molecule has 0 atom stereocenters. The monoisotopic (exact) mass is 247 g/mol. The van der Waals surface area contributed by atoms with Crippen LogP contribution in [-0.4, -0.2) is 16.4 Å². The first-order chi connectivity index (χ1) is 7.69. The van der Waals surface area contributed by atoms with E-state index in [1.165, 1.54) is 23.5 Å². The fraction of sp³-hybridized carbons (Fsp3) is 0.200. The molecule has 0 aliphatic carbocycles. The zero-order chi connectivity index (χ0) is 11.7. The molecule has 0 radical (unpaired) electrons. The lowest BCUT2D eigenvalue weighted by Gasteiger charge is -2.02. The number of hydrogen-bond acceptors (Lipinski definition) is 3. The number of fused-ring (bicyclic) bond motifs is 1. The maximum atomic E-state index is 8.67. The standard InChI is InChI=1S/C10H7N4S2/c1-5-7-8(15-9(5)13-4-11)6(2)10(16-7)14-12-3/h4H,1-2H3/q-1/b13-9?,14-10+. The number of nitrogens with zero attached hydrogens (tertiary/aromatic N) is 4. The van der Waals surface area contributed by atoms with Crippen LogP contribution in [0.25, 0.3) is 10.4 Å². The molecule has 4 nitrogen and oxygen atoms in total. The highest BCUT2D eigenvalue weighted by Crippen LogP contribution is 2.52. The van der Waals surface area contributed by atoms with Gasteiger partial charge in [-0.15, -0.1) is 11.3 Å². The largest absolute Gasteiger partial charge is 0.472 e. The van der Waals surface area contributed by atoms with Gasteiger partial charge in [-0.25, -0.2) is 0 Å². The van der Waals surface area contributed by atoms with Crippen LogP contribution in [0.1, 0.15) is 13.8 Å². The summed E-state index contributed by atoms with van der Waals surface area (Å²) in [5, 5.41) is 14.0. The first-order valence-electron chi connectivity index (χ1n) is 4.45. The molecule has 0 aromatic heterocycles. The first kappa shape index (κ1) is 11.2. The van der Waals surface area contributed by atoms with E-state index in [0.29, 0.717) is 0 Å². The minimum absolute atomic E-state index is 0.763. The Balaban J connectivity index is 2.48. The highest BCUT2D eigenvalue weighted by Gasteiger charge is 2.33. The van der Waals surface area contributed by atoms with E-state index in [-0.39, 0.29) is 0 Å². The number of hydrogen-bond donors (Lipinski definition) is 0. The van der Waals surface area contributed by atoms with Crippen LogP contribution in [0.2, 0.25) is 0 Å². The van der Waals surface area contributed by atoms with Crippen LogP contribution < -0.4 is 0 Å². The predicted octanol–water partition coefficient (Wildman–Crippen LogP) is 3.26. The van der Waals surface area contributed by atoms with E-state index in [0.717, 1.165) is 37.4 Å². The van der Waals surface area contributed by atoms with Crippen molar-refractivity contribution >= 4 is 39.9 Å². The van der Waals surface area contributed by atoms with Gasteiger partial charge in [0.15, 0.2) is 5.04 Å². The van der Waals surface area contributed by atoms with Crippen molar-refractivity contribution in [2.24, 2.45) is 10.1 Å². The molecule has 80 valence electrons. The highest BCUT2D eigenvalue weighted by atomic mass is 32.2. The van der Waals surface area contributed by atoms with E-state index in [1.54, 1.807) is 0 Å². The average Bonchev–Trinajstić information content (AvgIpc) is 2.71. The predicted molar refractivity (Wildman–Crippen MR) is 71.5 cm³/mol. The summed E-state index contributed by atoms with van der Waals surface area (Å²) in [6.07, 6.45) is 0.808. The molecule has 0 saturated heterocycles. The topological polar surface area (TPSA) is 51.4 Å². The molecule has 0 saturated carbocycles. The van der Waals surface area contributed by atoms with Gasteiger partial charge in [0.05, 0.1) is 5.10 Å². The van der Waals surface area contributed by atoms with Gasteiger partial charge in [0.1, 0.15) is 0 Å². The van der Waals surface area contributed by atoms with Gasteiger partial charge in [-0.3, -0.25) is 0 Å². The Morgan fingerprint density at radius 2 is 1.75 bits per heavy atom. The maximum Gasteiger partial charge on any atom is 0.188 e. The van der Waals surface area contributed by atoms with Crippen LogP contribution in [0.15, 0.2) is 31.1 Å². The fourth-order valence-corrected chi connectivity index (χ4v) is 3.89. The van der Waals surface area contributed by atoms with Crippen LogP contribution >= 0.6 is 23.5 Å². The van der Waals surface area contributed by atoms with Crippen molar-refractivity contribution in [1.29, 1.82) is 0 Å². The van der Waals surface area contributed by atoms with Gasteiger partial charge < -0.3 is 10.4 Å². The van der Waals surface area contributed by atoms with Crippen molar-refractivity contribution in [1.82, 2.24) is 0 Å². The Morgan fingerprint density at radius 1 is 1.19 bits per heavy atom. The van der Waals surface area contributed by atoms with E-state index in [9.17, 15) is 0 Å². The van der Waals surface area contributed by atoms with Gasteiger partial charge >= 0.3 is 0 Å². The molecule has 0 fully saturated rings. The molecule has 16 heavy (non-hydrogen) atoms. The Bertz CT molecular complexity index is 532. The summed E-state index contributed by atoms with van der Waals surface area (Å²) in [6.45, 7) is 10.6. The molecule has 0 bridgehead atoms. The second kappa shape index (κ2) is 4.28. The van der Waals surface area contributed by atoms with E-state index < -0.39 is 0 Å². The zero-order valence-corrected chi connectivity index (χ0v) is 10.3. The van der Waals surface area contributed by atoms with Gasteiger partial charge in [-0.2, -0.15) is 6.57 Å². The second-order valence-electron chi connectivity index (χ2n) is 3.17. The molecule has 2 aliphatic rings. The first-order valence-corrected chi connectivity index (χ1v) is 6.09. The molecule has 0 aromatic carbocycles. The van der Waals surface area contributed by atoms with Crippen LogP contribution in [0.4, 0.5) is 0 Å². The summed E-state index contributed by atoms with van der Waals surface area (Å²) in [6, 6.07) is 0. The molecule has 0 amide bonds. The SMILES string of the molecule is [C-]#[N+]/N=C1/SC2=C(C)C(=NC=[N-])SC2=C1C. The molecule has 0 unspecified atom stereocenters. The third kappa shape index (κ3) is 1.62. The van der Waals surface area contributed by atoms with Gasteiger partial charge in [0.2, 0.25) is 0 Å². The quantitative estimate of drug-likeness (QED) is 0.309. The van der Waals surface area contributed by atoms with E-state index in [1.807, 2.05) is 13.8 Å². The third-order valence-electron chi connectivity index (χ3n) is 2.24. The zero-order valence-electron chi connectivity index (χ0n) is 8.68. The molecule has 0 N–H and O–H groups in total. The Hall–Kier alpha value is -1.32. The molecule has 0 aromatic rings. The fourth-order valence-electron chi connectivity index (χ4n) is 1.44. The Kier molecular flexibility index (Phi) is 2.99. The lowest BCUT2D eigenvalue weighted by Crippen LogP contribution is -1.92. The summed E-state index contributed by atoms with van der Waals surface area (Å²) in [5.74, 6) is 0. The van der Waals surface area contributed by atoms with Gasteiger partial charge in [-0.1, -0.05) is 23.5 Å². The molecule has 2 heterocycles. The normalized spacial score (nSPS) is 24.3. The maximum absolute atomic E-state index is 8.67. The minimum Gasteiger partial charge on any atom is -0.472 e. The van der Waals surface area contributed by atoms with E-state index in [2.05, 4.69) is 15.0 Å². The Labute approximate surface area is 102 Å². The second-order valence-corrected chi connectivity index (χ2v) is 5.17. The number of aliphatic imine (C=N–C) groups is 1. The highest BCUT2D eigenvalue weighted by molar-refractivity contribution is 8.24. The van der Waals surface area contributed by atoms with Crippen LogP contribution in [0.5, 0.6) is 0 Å². The van der Waals surface area contributed by atoms with Crippen molar-refractivity contribution in [3.8, 4) is 0 Å². The third-order valence-corrected chi connectivity index (χ3v) is 4.99. The molecule has 0 spiro atoms. The smallest absolute Gasteiger partial charge is 0.188 e. The van der Waals surface area contributed by atoms with Crippen molar-refractivity contribution in [2.75, 3.05) is 0 Å². The van der Waals surface area contributed by atoms with Crippen molar-refractivity contribution in [2.45, 2.75) is 13.8 Å². The van der Waals surface area contributed by atoms with Gasteiger partial charge in [0.25, 0.3) is 0 Å². The molecular weight excluding hydrogens is 240 g/mol. The summed E-state index contributed by atoms with van der Waals surface area (Å²) in [7, 11) is 0. The molecular formula is C10H7N4S2-. The molecule has 2 aliphatic heterocycles. The lowest BCUT2D eigenvalue weighted by atomic mass is 10.2. The van der Waals surface area contributed by atoms with Gasteiger partial charge in [-0.05, 0) is 19.4 Å². The summed E-state index contributed by atoms with van der Waals surface area (Å²) >= 11 is 3.01. The lowest BCUT2D eigenvalue weighted by molar-refractivity contribution is 1.51. The number of thioether (sulfide) groups is 2. The summed E-state index contributed by atoms with van der Waals surface area (Å²) < 4.78 is 0. The van der Waals surface area contributed by atoms with E-state index >= 15 is 0 Å². The van der Waals surface area contributed by atoms with Crippen molar-refractivity contribution in [3.63, 3.8) is 0 Å². The Morgan fingerprint density at radius 3 is 2.31 bits per heavy atom. The number of rotatable bonds is 1. The van der Waals surface area contributed by atoms with Crippen LogP contribution in [0, 0.1) is 6.57 Å². The van der Waals surface area contributed by atoms with Gasteiger partial charge in [0, 0.05) is 20.4 Å². The average molecular weight is 247 g/mol.